The number of aromatic nitrogens is 2. The monoisotopic (exact) mass is 370 g/mol. The molecule has 0 unspecified atom stereocenters. The molecule has 1 aromatic carbocycles. The molecule has 1 saturated carbocycles. The van der Waals surface area contributed by atoms with Crippen LogP contribution in [0.2, 0.25) is 0 Å². The van der Waals surface area contributed by atoms with Crippen LogP contribution >= 0.6 is 0 Å². The van der Waals surface area contributed by atoms with Crippen molar-refractivity contribution in [2.24, 2.45) is 5.92 Å². The van der Waals surface area contributed by atoms with Gasteiger partial charge in [-0.15, -0.1) is 0 Å². The van der Waals surface area contributed by atoms with Crippen molar-refractivity contribution in [3.8, 4) is 5.75 Å². The lowest BCUT2D eigenvalue weighted by molar-refractivity contribution is 0.0700. The normalized spacial score (nSPS) is 17.9. The maximum atomic E-state index is 13.0. The molecule has 0 bridgehead atoms. The number of benzene rings is 1. The second-order valence-electron chi connectivity index (χ2n) is 7.43. The summed E-state index contributed by atoms with van der Waals surface area (Å²) in [6.45, 7) is 4.59. The van der Waals surface area contributed by atoms with Crippen molar-refractivity contribution in [2.75, 3.05) is 19.6 Å². The number of nitrogens with one attached hydrogen (secondary N) is 1. The molecule has 0 spiro atoms. The molecular weight excluding hydrogens is 344 g/mol. The van der Waals surface area contributed by atoms with E-state index < -0.39 is 0 Å². The zero-order valence-corrected chi connectivity index (χ0v) is 15.7. The topological polar surface area (TPSA) is 80.5 Å². The molecule has 1 aliphatic carbocycles. The Morgan fingerprint density at radius 3 is 2.74 bits per heavy atom. The number of carbonyl (C=O) groups is 1. The van der Waals surface area contributed by atoms with Crippen molar-refractivity contribution in [1.82, 2.24) is 20.4 Å². The van der Waals surface area contributed by atoms with E-state index >= 15 is 0 Å². The maximum absolute atomic E-state index is 13.0. The van der Waals surface area contributed by atoms with Gasteiger partial charge in [0.25, 0.3) is 5.91 Å². The minimum absolute atomic E-state index is 0.0236. The largest absolute Gasteiger partial charge is 0.485 e. The number of para-hydroxylation sites is 1. The third-order valence-corrected chi connectivity index (χ3v) is 5.22. The van der Waals surface area contributed by atoms with E-state index in [1.54, 1.807) is 6.92 Å². The van der Waals surface area contributed by atoms with E-state index in [1.165, 1.54) is 12.8 Å². The molecule has 144 valence electrons. The number of rotatable bonds is 7. The van der Waals surface area contributed by atoms with Gasteiger partial charge in [-0.25, -0.2) is 0 Å². The molecule has 2 aromatic rings. The number of amides is 1. The summed E-state index contributed by atoms with van der Waals surface area (Å²) < 4.78 is 10.7. The van der Waals surface area contributed by atoms with Gasteiger partial charge in [0.15, 0.2) is 6.61 Å². The standard InChI is InChI=1S/C20H26N4O3/c1-14-22-19(23-27-14)13-26-18-5-3-2-4-17(18)20(25)24-10-8-16(9-11-24)21-12-15-6-7-15/h2-5,15-16,21H,6-13H2,1H3. The van der Waals surface area contributed by atoms with Crippen LogP contribution in [0.5, 0.6) is 5.75 Å². The Hall–Kier alpha value is -2.41. The highest BCUT2D eigenvalue weighted by atomic mass is 16.5. The lowest BCUT2D eigenvalue weighted by Crippen LogP contribution is -2.45. The molecule has 2 fully saturated rings. The van der Waals surface area contributed by atoms with Gasteiger partial charge >= 0.3 is 0 Å². The highest BCUT2D eigenvalue weighted by Crippen LogP contribution is 2.28. The van der Waals surface area contributed by atoms with E-state index in [-0.39, 0.29) is 12.5 Å². The summed E-state index contributed by atoms with van der Waals surface area (Å²) in [5, 5.41) is 7.47. The van der Waals surface area contributed by atoms with Gasteiger partial charge < -0.3 is 19.5 Å². The van der Waals surface area contributed by atoms with Crippen molar-refractivity contribution in [3.05, 3.63) is 41.5 Å². The smallest absolute Gasteiger partial charge is 0.257 e. The molecule has 1 saturated heterocycles. The first kappa shape index (κ1) is 18.0. The SMILES string of the molecule is Cc1nc(COc2ccccc2C(=O)N2CCC(NCC3CC3)CC2)no1. The van der Waals surface area contributed by atoms with Gasteiger partial charge in [0.1, 0.15) is 5.75 Å². The summed E-state index contributed by atoms with van der Waals surface area (Å²) in [6.07, 6.45) is 4.74. The van der Waals surface area contributed by atoms with E-state index in [1.807, 2.05) is 29.2 Å². The summed E-state index contributed by atoms with van der Waals surface area (Å²) in [4.78, 5) is 19.0. The van der Waals surface area contributed by atoms with E-state index in [2.05, 4.69) is 15.5 Å². The molecule has 27 heavy (non-hydrogen) atoms. The fourth-order valence-corrected chi connectivity index (χ4v) is 3.42. The average Bonchev–Trinajstić information content (AvgIpc) is 3.44. The summed E-state index contributed by atoms with van der Waals surface area (Å²) >= 11 is 0. The Morgan fingerprint density at radius 2 is 2.04 bits per heavy atom. The van der Waals surface area contributed by atoms with E-state index in [4.69, 9.17) is 9.26 Å². The van der Waals surface area contributed by atoms with Crippen molar-refractivity contribution in [1.29, 1.82) is 0 Å². The van der Waals surface area contributed by atoms with Crippen molar-refractivity contribution < 1.29 is 14.1 Å². The first-order valence-electron chi connectivity index (χ1n) is 9.72. The van der Waals surface area contributed by atoms with Crippen LogP contribution < -0.4 is 10.1 Å². The minimum Gasteiger partial charge on any atom is -0.485 e. The summed E-state index contributed by atoms with van der Waals surface area (Å²) in [5.41, 5.74) is 0.585. The van der Waals surface area contributed by atoms with Crippen LogP contribution in [-0.4, -0.2) is 46.6 Å². The van der Waals surface area contributed by atoms with Gasteiger partial charge in [0, 0.05) is 26.1 Å². The van der Waals surface area contributed by atoms with Crippen molar-refractivity contribution in [3.63, 3.8) is 0 Å². The highest BCUT2D eigenvalue weighted by molar-refractivity contribution is 5.97. The summed E-state index contributed by atoms with van der Waals surface area (Å²) in [6, 6.07) is 7.88. The fourth-order valence-electron chi connectivity index (χ4n) is 3.42. The number of hydrogen-bond donors (Lipinski definition) is 1. The summed E-state index contributed by atoms with van der Waals surface area (Å²) in [7, 11) is 0. The fraction of sp³-hybridized carbons (Fsp3) is 0.550. The first-order valence-corrected chi connectivity index (χ1v) is 9.72. The Labute approximate surface area is 159 Å². The second kappa shape index (κ2) is 8.08. The predicted molar refractivity (Wildman–Crippen MR) is 99.5 cm³/mol. The first-order chi connectivity index (χ1) is 13.2. The Balaban J connectivity index is 1.34. The number of aryl methyl sites for hydroxylation is 1. The van der Waals surface area contributed by atoms with E-state index in [0.29, 0.717) is 29.1 Å². The van der Waals surface area contributed by atoms with Crippen LogP contribution in [0.3, 0.4) is 0 Å². The van der Waals surface area contributed by atoms with Gasteiger partial charge in [-0.05, 0) is 50.3 Å². The number of hydrogen-bond acceptors (Lipinski definition) is 6. The average molecular weight is 370 g/mol. The Bertz CT molecular complexity index is 779. The molecule has 1 aromatic heterocycles. The third kappa shape index (κ3) is 4.66. The lowest BCUT2D eigenvalue weighted by atomic mass is 10.0. The van der Waals surface area contributed by atoms with Crippen LogP contribution in [0.25, 0.3) is 0 Å². The Morgan fingerprint density at radius 1 is 1.26 bits per heavy atom. The predicted octanol–water partition coefficient (Wildman–Crippen LogP) is 2.56. The second-order valence-corrected chi connectivity index (χ2v) is 7.43. The molecule has 1 amide bonds. The van der Waals surface area contributed by atoms with Crippen LogP contribution in [0, 0.1) is 12.8 Å². The van der Waals surface area contributed by atoms with E-state index in [0.717, 1.165) is 38.4 Å². The number of carbonyl (C=O) groups excluding carboxylic acids is 1. The lowest BCUT2D eigenvalue weighted by Gasteiger charge is -2.33. The maximum Gasteiger partial charge on any atom is 0.257 e. The van der Waals surface area contributed by atoms with Crippen LogP contribution in [-0.2, 0) is 6.61 Å². The number of nitrogens with zero attached hydrogens (tertiary/aromatic N) is 3. The molecular formula is C20H26N4O3. The third-order valence-electron chi connectivity index (χ3n) is 5.22. The van der Waals surface area contributed by atoms with E-state index in [9.17, 15) is 4.79 Å². The van der Waals surface area contributed by atoms with Gasteiger partial charge in [-0.3, -0.25) is 4.79 Å². The molecule has 1 N–H and O–H groups in total. The zero-order chi connectivity index (χ0) is 18.6. The van der Waals surface area contributed by atoms with Gasteiger partial charge in [0.05, 0.1) is 5.56 Å². The number of likely N-dealkylation sites (tertiary alicyclic amines) is 1. The molecule has 7 nitrogen and oxygen atoms in total. The zero-order valence-electron chi connectivity index (χ0n) is 15.7. The minimum atomic E-state index is 0.0236. The summed E-state index contributed by atoms with van der Waals surface area (Å²) in [5.74, 6) is 2.43. The molecule has 1 aliphatic heterocycles. The van der Waals surface area contributed by atoms with Crippen LogP contribution in [0.15, 0.2) is 28.8 Å². The highest BCUT2D eigenvalue weighted by Gasteiger charge is 2.27. The molecule has 4 rings (SSSR count). The molecule has 0 atom stereocenters. The van der Waals surface area contributed by atoms with Crippen LogP contribution in [0.1, 0.15) is 47.8 Å². The molecule has 2 aliphatic rings. The molecule has 0 radical (unpaired) electrons. The Kier molecular flexibility index (Phi) is 5.38. The van der Waals surface area contributed by atoms with Gasteiger partial charge in [0.2, 0.25) is 11.7 Å². The number of piperidine rings is 1. The van der Waals surface area contributed by atoms with Crippen LogP contribution in [0.4, 0.5) is 0 Å². The van der Waals surface area contributed by atoms with Crippen molar-refractivity contribution >= 4 is 5.91 Å². The quantitative estimate of drug-likeness (QED) is 0.807. The molecule has 2 heterocycles. The van der Waals surface area contributed by atoms with Gasteiger partial charge in [-0.1, -0.05) is 17.3 Å². The van der Waals surface area contributed by atoms with Gasteiger partial charge in [-0.2, -0.15) is 4.98 Å². The van der Waals surface area contributed by atoms with Crippen molar-refractivity contribution in [2.45, 2.75) is 45.3 Å². The molecule has 7 heteroatoms. The number of ether oxygens (including phenoxy) is 1.